The first-order valence-corrected chi connectivity index (χ1v) is 7.04. The highest BCUT2D eigenvalue weighted by Crippen LogP contribution is 2.31. The van der Waals surface area contributed by atoms with Crippen LogP contribution in [0.25, 0.3) is 0 Å². The fraction of sp³-hybridized carbons (Fsp3) is 0.750. The van der Waals surface area contributed by atoms with E-state index in [4.69, 9.17) is 5.73 Å². The van der Waals surface area contributed by atoms with Gasteiger partial charge in [-0.1, -0.05) is 19.3 Å². The number of halogens is 1. The molecule has 0 unspecified atom stereocenters. The standard InChI is InChI=1S/C12H20BrN3/c13-12-10(5-4-8-14)9-15-16(12)11-6-2-1-3-7-11/h9,11H,1-8,14H2. The van der Waals surface area contributed by atoms with Gasteiger partial charge in [-0.2, -0.15) is 5.10 Å². The van der Waals surface area contributed by atoms with Gasteiger partial charge in [0.25, 0.3) is 0 Å². The maximum Gasteiger partial charge on any atom is 0.107 e. The SMILES string of the molecule is NCCCc1cnn(C2CCCCC2)c1Br. The number of hydrogen-bond acceptors (Lipinski definition) is 2. The van der Waals surface area contributed by atoms with E-state index in [1.165, 1.54) is 42.3 Å². The zero-order valence-electron chi connectivity index (χ0n) is 9.66. The van der Waals surface area contributed by atoms with Crippen LogP contribution in [0.1, 0.15) is 50.1 Å². The average molecular weight is 286 g/mol. The summed E-state index contributed by atoms with van der Waals surface area (Å²) in [5, 5.41) is 4.52. The lowest BCUT2D eigenvalue weighted by Gasteiger charge is -2.22. The molecule has 4 heteroatoms. The fourth-order valence-electron chi connectivity index (χ4n) is 2.42. The Kier molecular flexibility index (Phi) is 4.41. The third-order valence-corrected chi connectivity index (χ3v) is 4.25. The molecule has 1 heterocycles. The van der Waals surface area contributed by atoms with Gasteiger partial charge in [0.15, 0.2) is 0 Å². The van der Waals surface area contributed by atoms with Crippen LogP contribution < -0.4 is 5.73 Å². The average Bonchev–Trinajstić information content (AvgIpc) is 2.69. The van der Waals surface area contributed by atoms with Crippen molar-refractivity contribution >= 4 is 15.9 Å². The monoisotopic (exact) mass is 285 g/mol. The van der Waals surface area contributed by atoms with Crippen molar-refractivity contribution in [3.63, 3.8) is 0 Å². The zero-order valence-corrected chi connectivity index (χ0v) is 11.2. The maximum absolute atomic E-state index is 5.53. The van der Waals surface area contributed by atoms with Crippen LogP contribution in [0.4, 0.5) is 0 Å². The molecule has 0 aromatic carbocycles. The van der Waals surface area contributed by atoms with Crippen LogP contribution in [0.5, 0.6) is 0 Å². The summed E-state index contributed by atoms with van der Waals surface area (Å²) in [6.07, 6.45) is 10.7. The van der Waals surface area contributed by atoms with Gasteiger partial charge in [-0.3, -0.25) is 4.68 Å². The van der Waals surface area contributed by atoms with E-state index in [9.17, 15) is 0 Å². The molecule has 1 aromatic rings. The summed E-state index contributed by atoms with van der Waals surface area (Å²) in [4.78, 5) is 0. The Hall–Kier alpha value is -0.350. The summed E-state index contributed by atoms with van der Waals surface area (Å²) in [7, 11) is 0. The van der Waals surface area contributed by atoms with E-state index in [1.54, 1.807) is 0 Å². The lowest BCUT2D eigenvalue weighted by Crippen LogP contribution is -2.14. The Morgan fingerprint density at radius 1 is 1.38 bits per heavy atom. The molecule has 0 spiro atoms. The van der Waals surface area contributed by atoms with Crippen molar-refractivity contribution in [1.29, 1.82) is 0 Å². The highest BCUT2D eigenvalue weighted by molar-refractivity contribution is 9.10. The number of aromatic nitrogens is 2. The Morgan fingerprint density at radius 3 is 2.81 bits per heavy atom. The van der Waals surface area contributed by atoms with Crippen LogP contribution in [-0.2, 0) is 6.42 Å². The number of rotatable bonds is 4. The molecule has 1 aliphatic rings. The molecule has 16 heavy (non-hydrogen) atoms. The first-order chi connectivity index (χ1) is 7.83. The predicted molar refractivity (Wildman–Crippen MR) is 69.4 cm³/mol. The first kappa shape index (κ1) is 12.1. The Bertz CT molecular complexity index is 329. The molecular weight excluding hydrogens is 266 g/mol. The van der Waals surface area contributed by atoms with E-state index in [0.717, 1.165) is 19.4 Å². The number of nitrogens with zero attached hydrogens (tertiary/aromatic N) is 2. The smallest absolute Gasteiger partial charge is 0.107 e. The van der Waals surface area contributed by atoms with Gasteiger partial charge < -0.3 is 5.73 Å². The molecule has 90 valence electrons. The van der Waals surface area contributed by atoms with Crippen LogP contribution in [0, 0.1) is 0 Å². The second-order valence-electron chi connectivity index (χ2n) is 4.59. The van der Waals surface area contributed by atoms with Crippen molar-refractivity contribution < 1.29 is 0 Å². The largest absolute Gasteiger partial charge is 0.330 e. The molecule has 1 aliphatic carbocycles. The van der Waals surface area contributed by atoms with E-state index >= 15 is 0 Å². The Labute approximate surface area is 106 Å². The topological polar surface area (TPSA) is 43.8 Å². The fourth-order valence-corrected chi connectivity index (χ4v) is 3.11. The van der Waals surface area contributed by atoms with Crippen LogP contribution in [-0.4, -0.2) is 16.3 Å². The van der Waals surface area contributed by atoms with Gasteiger partial charge in [-0.15, -0.1) is 0 Å². The minimum absolute atomic E-state index is 0.606. The van der Waals surface area contributed by atoms with E-state index in [1.807, 2.05) is 6.20 Å². The van der Waals surface area contributed by atoms with Gasteiger partial charge in [-0.25, -0.2) is 0 Å². The van der Waals surface area contributed by atoms with Gasteiger partial charge in [-0.05, 0) is 48.2 Å². The molecule has 0 amide bonds. The Balaban J connectivity index is 2.06. The van der Waals surface area contributed by atoms with Gasteiger partial charge in [0.05, 0.1) is 12.2 Å². The normalized spacial score (nSPS) is 17.9. The molecule has 0 saturated heterocycles. The second kappa shape index (κ2) is 5.82. The molecule has 1 aromatic heterocycles. The molecule has 0 atom stereocenters. The summed E-state index contributed by atoms with van der Waals surface area (Å²) >= 11 is 3.68. The van der Waals surface area contributed by atoms with Crippen LogP contribution >= 0.6 is 15.9 Å². The molecule has 0 radical (unpaired) electrons. The zero-order chi connectivity index (χ0) is 11.4. The maximum atomic E-state index is 5.53. The van der Waals surface area contributed by atoms with Crippen molar-refractivity contribution in [2.24, 2.45) is 5.73 Å². The van der Waals surface area contributed by atoms with Crippen LogP contribution in [0.3, 0.4) is 0 Å². The van der Waals surface area contributed by atoms with Crippen molar-refractivity contribution in [2.75, 3.05) is 6.54 Å². The minimum Gasteiger partial charge on any atom is -0.330 e. The van der Waals surface area contributed by atoms with Gasteiger partial charge >= 0.3 is 0 Å². The molecule has 2 rings (SSSR count). The molecule has 0 bridgehead atoms. The molecule has 3 nitrogen and oxygen atoms in total. The van der Waals surface area contributed by atoms with Crippen molar-refractivity contribution in [1.82, 2.24) is 9.78 Å². The molecule has 1 fully saturated rings. The summed E-state index contributed by atoms with van der Waals surface area (Å²) in [5.41, 5.74) is 6.84. The summed E-state index contributed by atoms with van der Waals surface area (Å²) < 4.78 is 3.35. The third kappa shape index (κ3) is 2.66. The summed E-state index contributed by atoms with van der Waals surface area (Å²) in [6.45, 7) is 0.751. The summed E-state index contributed by atoms with van der Waals surface area (Å²) in [5.74, 6) is 0. The van der Waals surface area contributed by atoms with E-state index in [-0.39, 0.29) is 0 Å². The van der Waals surface area contributed by atoms with E-state index in [2.05, 4.69) is 25.7 Å². The predicted octanol–water partition coefficient (Wildman–Crippen LogP) is 3.04. The number of nitrogens with two attached hydrogens (primary N) is 1. The number of hydrogen-bond donors (Lipinski definition) is 1. The van der Waals surface area contributed by atoms with E-state index in [0.29, 0.717) is 6.04 Å². The molecule has 2 N–H and O–H groups in total. The first-order valence-electron chi connectivity index (χ1n) is 6.25. The van der Waals surface area contributed by atoms with E-state index < -0.39 is 0 Å². The highest BCUT2D eigenvalue weighted by Gasteiger charge is 2.19. The van der Waals surface area contributed by atoms with Crippen LogP contribution in [0.15, 0.2) is 10.8 Å². The molecule has 1 saturated carbocycles. The highest BCUT2D eigenvalue weighted by atomic mass is 79.9. The van der Waals surface area contributed by atoms with Crippen molar-refractivity contribution in [2.45, 2.75) is 51.0 Å². The molecular formula is C12H20BrN3. The number of aryl methyl sites for hydroxylation is 1. The lowest BCUT2D eigenvalue weighted by atomic mass is 9.96. The Morgan fingerprint density at radius 2 is 2.12 bits per heavy atom. The lowest BCUT2D eigenvalue weighted by molar-refractivity contribution is 0.325. The summed E-state index contributed by atoms with van der Waals surface area (Å²) in [6, 6.07) is 0.606. The quantitative estimate of drug-likeness (QED) is 0.924. The third-order valence-electron chi connectivity index (χ3n) is 3.37. The molecule has 0 aliphatic heterocycles. The van der Waals surface area contributed by atoms with Gasteiger partial charge in [0.1, 0.15) is 4.60 Å². The minimum atomic E-state index is 0.606. The van der Waals surface area contributed by atoms with Gasteiger partial charge in [0, 0.05) is 5.56 Å². The second-order valence-corrected chi connectivity index (χ2v) is 5.34. The van der Waals surface area contributed by atoms with Gasteiger partial charge in [0.2, 0.25) is 0 Å². The van der Waals surface area contributed by atoms with Crippen molar-refractivity contribution in [3.8, 4) is 0 Å². The van der Waals surface area contributed by atoms with Crippen LogP contribution in [0.2, 0.25) is 0 Å². The van der Waals surface area contributed by atoms with Crippen molar-refractivity contribution in [3.05, 3.63) is 16.4 Å².